The molecule has 0 bridgehead atoms. The highest BCUT2D eigenvalue weighted by Gasteiger charge is 2.31. The van der Waals surface area contributed by atoms with Crippen LogP contribution in [0.1, 0.15) is 19.8 Å². The second-order valence-electron chi connectivity index (χ2n) is 5.71. The van der Waals surface area contributed by atoms with E-state index in [1.54, 1.807) is 42.6 Å². The minimum absolute atomic E-state index is 0.233. The van der Waals surface area contributed by atoms with Crippen LogP contribution in [0.3, 0.4) is 0 Å². The molecular formula is C17H21N3O4S. The van der Waals surface area contributed by atoms with Crippen LogP contribution >= 0.6 is 0 Å². The molecule has 2 heterocycles. The maximum atomic E-state index is 12.9. The van der Waals surface area contributed by atoms with Gasteiger partial charge in [0.1, 0.15) is 11.9 Å². The summed E-state index contributed by atoms with van der Waals surface area (Å²) in [5.41, 5.74) is 0. The molecule has 1 atom stereocenters. The average molecular weight is 363 g/mol. The summed E-state index contributed by atoms with van der Waals surface area (Å²) in [6, 6.07) is 9.95. The van der Waals surface area contributed by atoms with Crippen molar-refractivity contribution in [2.24, 2.45) is 0 Å². The Hall–Kier alpha value is -2.19. The summed E-state index contributed by atoms with van der Waals surface area (Å²) in [6.45, 7) is 3.21. The number of benzene rings is 1. The molecule has 8 heteroatoms. The number of hydrogen-bond acceptors (Lipinski definition) is 6. The molecule has 0 N–H and O–H groups in total. The van der Waals surface area contributed by atoms with Gasteiger partial charge < -0.3 is 9.47 Å². The van der Waals surface area contributed by atoms with Crippen LogP contribution in [0.25, 0.3) is 0 Å². The van der Waals surface area contributed by atoms with Crippen LogP contribution < -0.4 is 9.47 Å². The lowest BCUT2D eigenvalue weighted by atomic mass is 10.1. The van der Waals surface area contributed by atoms with E-state index in [1.807, 2.05) is 6.92 Å². The van der Waals surface area contributed by atoms with Gasteiger partial charge >= 0.3 is 0 Å². The molecular weight excluding hydrogens is 342 g/mol. The van der Waals surface area contributed by atoms with Crippen molar-refractivity contribution in [1.82, 2.24) is 14.5 Å². The van der Waals surface area contributed by atoms with Crippen molar-refractivity contribution in [1.29, 1.82) is 0 Å². The van der Waals surface area contributed by atoms with Crippen molar-refractivity contribution in [2.45, 2.75) is 30.8 Å². The summed E-state index contributed by atoms with van der Waals surface area (Å²) in [4.78, 5) is 0.260. The normalized spacial score (nSPS) is 18.7. The zero-order valence-electron chi connectivity index (χ0n) is 14.0. The minimum Gasteiger partial charge on any atom is -0.494 e. The van der Waals surface area contributed by atoms with Crippen LogP contribution in [0.5, 0.6) is 11.6 Å². The molecule has 7 nitrogen and oxygen atoms in total. The summed E-state index contributed by atoms with van der Waals surface area (Å²) in [7, 11) is -3.56. The number of rotatable bonds is 6. The third kappa shape index (κ3) is 4.26. The smallest absolute Gasteiger partial charge is 0.243 e. The van der Waals surface area contributed by atoms with E-state index >= 15 is 0 Å². The average Bonchev–Trinajstić information content (AvgIpc) is 2.64. The summed E-state index contributed by atoms with van der Waals surface area (Å²) >= 11 is 0. The number of hydrogen-bond donors (Lipinski definition) is 0. The zero-order chi connectivity index (χ0) is 17.7. The molecule has 134 valence electrons. The van der Waals surface area contributed by atoms with Crippen LogP contribution in [0, 0.1) is 0 Å². The first-order chi connectivity index (χ1) is 12.1. The van der Waals surface area contributed by atoms with Gasteiger partial charge in [0.15, 0.2) is 0 Å². The monoisotopic (exact) mass is 363 g/mol. The Labute approximate surface area is 147 Å². The fraction of sp³-hybridized carbons (Fsp3) is 0.412. The van der Waals surface area contributed by atoms with Crippen molar-refractivity contribution in [3.63, 3.8) is 0 Å². The lowest BCUT2D eigenvalue weighted by Gasteiger charge is -2.31. The first-order valence-corrected chi connectivity index (χ1v) is 9.71. The minimum atomic E-state index is -3.56. The van der Waals surface area contributed by atoms with Crippen LogP contribution in [0.2, 0.25) is 0 Å². The fourth-order valence-electron chi connectivity index (χ4n) is 2.76. The van der Waals surface area contributed by atoms with Crippen LogP contribution in [0.4, 0.5) is 0 Å². The van der Waals surface area contributed by atoms with Gasteiger partial charge in [0.25, 0.3) is 0 Å². The van der Waals surface area contributed by atoms with Gasteiger partial charge in [-0.15, -0.1) is 5.10 Å². The maximum absolute atomic E-state index is 12.9. The number of sulfonamides is 1. The van der Waals surface area contributed by atoms with Gasteiger partial charge in [0.2, 0.25) is 15.9 Å². The second-order valence-corrected chi connectivity index (χ2v) is 7.65. The molecule has 1 aromatic carbocycles. The molecule has 1 unspecified atom stereocenters. The Morgan fingerprint density at radius 3 is 2.72 bits per heavy atom. The van der Waals surface area contributed by atoms with E-state index in [-0.39, 0.29) is 11.0 Å². The number of nitrogens with zero attached hydrogens (tertiary/aromatic N) is 3. The molecule has 0 amide bonds. The van der Waals surface area contributed by atoms with Gasteiger partial charge in [-0.05, 0) is 50.1 Å². The van der Waals surface area contributed by atoms with Crippen molar-refractivity contribution in [3.8, 4) is 11.6 Å². The second kappa shape index (κ2) is 7.79. The zero-order valence-corrected chi connectivity index (χ0v) is 14.9. The lowest BCUT2D eigenvalue weighted by Crippen LogP contribution is -2.44. The SMILES string of the molecule is CCOc1ccc(S(=O)(=O)N2CCCC(Oc3cccnn3)C2)cc1. The molecule has 0 spiro atoms. The molecule has 0 saturated carbocycles. The van der Waals surface area contributed by atoms with Crippen molar-refractivity contribution >= 4 is 10.0 Å². The lowest BCUT2D eigenvalue weighted by molar-refractivity contribution is 0.123. The third-order valence-corrected chi connectivity index (χ3v) is 5.83. The van der Waals surface area contributed by atoms with Crippen LogP contribution in [-0.4, -0.2) is 48.7 Å². The van der Waals surface area contributed by atoms with E-state index < -0.39 is 10.0 Å². The van der Waals surface area contributed by atoms with E-state index in [2.05, 4.69) is 10.2 Å². The van der Waals surface area contributed by atoms with Gasteiger partial charge in [-0.1, -0.05) is 0 Å². The predicted octanol–water partition coefficient (Wildman–Crippen LogP) is 2.11. The van der Waals surface area contributed by atoms with E-state index in [4.69, 9.17) is 9.47 Å². The molecule has 3 rings (SSSR count). The Morgan fingerprint density at radius 1 is 1.24 bits per heavy atom. The van der Waals surface area contributed by atoms with E-state index in [0.717, 1.165) is 12.8 Å². The molecule has 0 radical (unpaired) electrons. The van der Waals surface area contributed by atoms with Crippen molar-refractivity contribution in [2.75, 3.05) is 19.7 Å². The first kappa shape index (κ1) is 17.6. The van der Waals surface area contributed by atoms with Gasteiger partial charge in [0, 0.05) is 18.8 Å². The van der Waals surface area contributed by atoms with Gasteiger partial charge in [-0.25, -0.2) is 8.42 Å². The molecule has 1 fully saturated rings. The summed E-state index contributed by atoms with van der Waals surface area (Å²) in [5, 5.41) is 7.66. The molecule has 1 saturated heterocycles. The highest BCUT2D eigenvalue weighted by molar-refractivity contribution is 7.89. The maximum Gasteiger partial charge on any atom is 0.243 e. The Morgan fingerprint density at radius 2 is 2.04 bits per heavy atom. The quantitative estimate of drug-likeness (QED) is 0.782. The van der Waals surface area contributed by atoms with Gasteiger partial charge in [-0.2, -0.15) is 9.40 Å². The number of ether oxygens (including phenoxy) is 2. The van der Waals surface area contributed by atoms with E-state index in [9.17, 15) is 8.42 Å². The third-order valence-electron chi connectivity index (χ3n) is 3.95. The van der Waals surface area contributed by atoms with E-state index in [1.165, 1.54) is 4.31 Å². The Kier molecular flexibility index (Phi) is 5.50. The molecule has 2 aromatic rings. The molecule has 0 aliphatic carbocycles. The molecule has 1 aromatic heterocycles. The Bertz CT molecular complexity index is 781. The molecule has 25 heavy (non-hydrogen) atoms. The highest BCUT2D eigenvalue weighted by atomic mass is 32.2. The first-order valence-electron chi connectivity index (χ1n) is 8.27. The number of piperidine rings is 1. The molecule has 1 aliphatic rings. The van der Waals surface area contributed by atoms with Crippen molar-refractivity contribution in [3.05, 3.63) is 42.6 Å². The predicted molar refractivity (Wildman–Crippen MR) is 92.1 cm³/mol. The summed E-state index contributed by atoms with van der Waals surface area (Å²) in [5.74, 6) is 1.07. The van der Waals surface area contributed by atoms with Gasteiger partial charge in [-0.3, -0.25) is 0 Å². The largest absolute Gasteiger partial charge is 0.494 e. The summed E-state index contributed by atoms with van der Waals surface area (Å²) in [6.07, 6.45) is 2.85. The topological polar surface area (TPSA) is 81.6 Å². The molecule has 1 aliphatic heterocycles. The Balaban J connectivity index is 1.71. The standard InChI is InChI=1S/C17H21N3O4S/c1-2-23-14-7-9-16(10-8-14)25(21,22)20-12-4-5-15(13-20)24-17-6-3-11-18-19-17/h3,6-11,15H,2,4-5,12-13H2,1H3. The van der Waals surface area contributed by atoms with Gasteiger partial charge in [0.05, 0.1) is 18.0 Å². The van der Waals surface area contributed by atoms with Crippen molar-refractivity contribution < 1.29 is 17.9 Å². The van der Waals surface area contributed by atoms with E-state index in [0.29, 0.717) is 31.3 Å². The highest BCUT2D eigenvalue weighted by Crippen LogP contribution is 2.24. The number of aromatic nitrogens is 2. The van der Waals surface area contributed by atoms with Crippen LogP contribution in [-0.2, 0) is 10.0 Å². The fourth-order valence-corrected chi connectivity index (χ4v) is 4.27. The van der Waals surface area contributed by atoms with Crippen LogP contribution in [0.15, 0.2) is 47.5 Å². The summed E-state index contributed by atoms with van der Waals surface area (Å²) < 4.78 is 38.3.